The summed E-state index contributed by atoms with van der Waals surface area (Å²) in [6, 6.07) is 20.5. The molecule has 2 aromatic carbocycles. The van der Waals surface area contributed by atoms with Crippen LogP contribution in [-0.4, -0.2) is 37.2 Å². The van der Waals surface area contributed by atoms with Crippen molar-refractivity contribution in [1.29, 1.82) is 5.26 Å². The van der Waals surface area contributed by atoms with Crippen molar-refractivity contribution >= 4 is 0 Å². The Morgan fingerprint density at radius 1 is 1.12 bits per heavy atom. The van der Waals surface area contributed by atoms with E-state index in [1.807, 2.05) is 24.3 Å². The van der Waals surface area contributed by atoms with Gasteiger partial charge < -0.3 is 10.1 Å². The average Bonchev–Trinajstić information content (AvgIpc) is 2.63. The second-order valence-electron chi connectivity index (χ2n) is 6.16. The molecule has 0 spiro atoms. The van der Waals surface area contributed by atoms with Crippen molar-refractivity contribution in [1.82, 2.24) is 10.2 Å². The van der Waals surface area contributed by atoms with E-state index in [4.69, 9.17) is 10.00 Å². The van der Waals surface area contributed by atoms with E-state index in [1.165, 1.54) is 5.56 Å². The molecular weight excluding hydrogens is 298 g/mol. The number of rotatable bonds is 6. The fourth-order valence-electron chi connectivity index (χ4n) is 3.02. The van der Waals surface area contributed by atoms with Gasteiger partial charge in [0.05, 0.1) is 24.3 Å². The molecule has 1 heterocycles. The van der Waals surface area contributed by atoms with Gasteiger partial charge in [0.1, 0.15) is 0 Å². The molecule has 0 radical (unpaired) electrons. The Bertz CT molecular complexity index is 681. The van der Waals surface area contributed by atoms with E-state index in [-0.39, 0.29) is 6.10 Å². The van der Waals surface area contributed by atoms with Crippen LogP contribution in [0.1, 0.15) is 16.7 Å². The van der Waals surface area contributed by atoms with Crippen molar-refractivity contribution in [2.45, 2.75) is 19.2 Å². The number of morpholine rings is 1. The number of nitrogens with zero attached hydrogens (tertiary/aromatic N) is 2. The lowest BCUT2D eigenvalue weighted by Crippen LogP contribution is -2.46. The normalized spacial score (nSPS) is 18.2. The van der Waals surface area contributed by atoms with E-state index in [9.17, 15) is 0 Å². The molecule has 0 aliphatic carbocycles. The first kappa shape index (κ1) is 16.7. The van der Waals surface area contributed by atoms with Gasteiger partial charge in [-0.15, -0.1) is 0 Å². The summed E-state index contributed by atoms with van der Waals surface area (Å²) >= 11 is 0. The Morgan fingerprint density at radius 2 is 1.96 bits per heavy atom. The number of benzene rings is 2. The Kier molecular flexibility index (Phi) is 5.97. The van der Waals surface area contributed by atoms with Crippen molar-refractivity contribution in [2.75, 3.05) is 26.2 Å². The number of ether oxygens (including phenoxy) is 1. The highest BCUT2D eigenvalue weighted by atomic mass is 16.5. The van der Waals surface area contributed by atoms with E-state index >= 15 is 0 Å². The quantitative estimate of drug-likeness (QED) is 0.888. The standard InChI is InChI=1S/C20H23N3O/c21-12-18-7-4-8-19(11-18)13-22-14-20-16-23(9-10-24-20)15-17-5-2-1-3-6-17/h1-8,11,20,22H,9-10,13-16H2. The number of nitriles is 1. The molecule has 3 rings (SSSR count). The van der Waals surface area contributed by atoms with Gasteiger partial charge in [0.2, 0.25) is 0 Å². The van der Waals surface area contributed by atoms with Crippen LogP contribution in [-0.2, 0) is 17.8 Å². The van der Waals surface area contributed by atoms with Crippen LogP contribution < -0.4 is 5.32 Å². The number of hydrogen-bond donors (Lipinski definition) is 1. The molecule has 1 fully saturated rings. The van der Waals surface area contributed by atoms with Crippen LogP contribution in [0.3, 0.4) is 0 Å². The summed E-state index contributed by atoms with van der Waals surface area (Å²) in [4.78, 5) is 2.45. The third kappa shape index (κ3) is 4.90. The monoisotopic (exact) mass is 321 g/mol. The zero-order valence-electron chi connectivity index (χ0n) is 13.8. The molecule has 0 aromatic heterocycles. The third-order valence-corrected chi connectivity index (χ3v) is 4.23. The fourth-order valence-corrected chi connectivity index (χ4v) is 3.02. The highest BCUT2D eigenvalue weighted by Crippen LogP contribution is 2.10. The molecule has 124 valence electrons. The van der Waals surface area contributed by atoms with Gasteiger partial charge in [-0.2, -0.15) is 5.26 Å². The number of hydrogen-bond acceptors (Lipinski definition) is 4. The Morgan fingerprint density at radius 3 is 2.79 bits per heavy atom. The summed E-state index contributed by atoms with van der Waals surface area (Å²) in [6.45, 7) is 5.26. The van der Waals surface area contributed by atoms with E-state index in [2.05, 4.69) is 46.6 Å². The van der Waals surface area contributed by atoms with Crippen LogP contribution in [0.25, 0.3) is 0 Å². The predicted molar refractivity (Wildman–Crippen MR) is 94.3 cm³/mol. The summed E-state index contributed by atoms with van der Waals surface area (Å²) in [5, 5.41) is 12.4. The van der Waals surface area contributed by atoms with Gasteiger partial charge in [-0.05, 0) is 23.3 Å². The Labute approximate surface area is 143 Å². The molecule has 0 bridgehead atoms. The minimum atomic E-state index is 0.210. The minimum absolute atomic E-state index is 0.210. The zero-order chi connectivity index (χ0) is 16.6. The molecule has 4 heteroatoms. The lowest BCUT2D eigenvalue weighted by molar-refractivity contribution is -0.0300. The molecule has 1 unspecified atom stereocenters. The first-order valence-corrected chi connectivity index (χ1v) is 8.41. The second kappa shape index (κ2) is 8.60. The van der Waals surface area contributed by atoms with E-state index in [0.29, 0.717) is 5.56 Å². The molecule has 1 N–H and O–H groups in total. The van der Waals surface area contributed by atoms with Gasteiger partial charge in [0.25, 0.3) is 0 Å². The van der Waals surface area contributed by atoms with Gasteiger partial charge >= 0.3 is 0 Å². The Balaban J connectivity index is 1.44. The fraction of sp³-hybridized carbons (Fsp3) is 0.350. The first-order chi connectivity index (χ1) is 11.8. The van der Waals surface area contributed by atoms with Crippen molar-refractivity contribution in [3.8, 4) is 6.07 Å². The van der Waals surface area contributed by atoms with Crippen LogP contribution in [0.4, 0.5) is 0 Å². The van der Waals surface area contributed by atoms with Gasteiger partial charge in [-0.25, -0.2) is 0 Å². The zero-order valence-corrected chi connectivity index (χ0v) is 13.8. The van der Waals surface area contributed by atoms with Crippen LogP contribution in [0.15, 0.2) is 54.6 Å². The largest absolute Gasteiger partial charge is 0.374 e. The average molecular weight is 321 g/mol. The molecule has 24 heavy (non-hydrogen) atoms. The van der Waals surface area contributed by atoms with E-state index < -0.39 is 0 Å². The molecule has 1 saturated heterocycles. The maximum Gasteiger partial charge on any atom is 0.0991 e. The highest BCUT2D eigenvalue weighted by Gasteiger charge is 2.20. The van der Waals surface area contributed by atoms with Gasteiger partial charge in [-0.1, -0.05) is 42.5 Å². The molecule has 4 nitrogen and oxygen atoms in total. The maximum atomic E-state index is 8.95. The SMILES string of the molecule is N#Cc1cccc(CNCC2CN(Cc3ccccc3)CCO2)c1. The van der Waals surface area contributed by atoms with E-state index in [0.717, 1.165) is 44.9 Å². The van der Waals surface area contributed by atoms with Gasteiger partial charge in [0, 0.05) is 32.7 Å². The smallest absolute Gasteiger partial charge is 0.0991 e. The number of nitrogens with one attached hydrogen (secondary N) is 1. The van der Waals surface area contributed by atoms with Crippen molar-refractivity contribution in [2.24, 2.45) is 0 Å². The summed E-state index contributed by atoms with van der Waals surface area (Å²) in [5.41, 5.74) is 3.18. The lowest BCUT2D eigenvalue weighted by Gasteiger charge is -2.33. The van der Waals surface area contributed by atoms with Crippen LogP contribution in [0, 0.1) is 11.3 Å². The maximum absolute atomic E-state index is 8.95. The predicted octanol–water partition coefficient (Wildman–Crippen LogP) is 2.55. The molecule has 0 amide bonds. The second-order valence-corrected chi connectivity index (χ2v) is 6.16. The van der Waals surface area contributed by atoms with Crippen molar-refractivity contribution in [3.63, 3.8) is 0 Å². The molecule has 1 atom stereocenters. The van der Waals surface area contributed by atoms with Crippen LogP contribution >= 0.6 is 0 Å². The van der Waals surface area contributed by atoms with Crippen LogP contribution in [0.2, 0.25) is 0 Å². The summed E-state index contributed by atoms with van der Waals surface area (Å²) < 4.78 is 5.87. The summed E-state index contributed by atoms with van der Waals surface area (Å²) in [6.07, 6.45) is 0.210. The summed E-state index contributed by atoms with van der Waals surface area (Å²) in [5.74, 6) is 0. The molecule has 1 aliphatic heterocycles. The van der Waals surface area contributed by atoms with Gasteiger partial charge in [-0.3, -0.25) is 4.90 Å². The minimum Gasteiger partial charge on any atom is -0.374 e. The molecule has 2 aromatic rings. The Hall–Kier alpha value is -2.19. The topological polar surface area (TPSA) is 48.3 Å². The lowest BCUT2D eigenvalue weighted by atomic mass is 10.1. The van der Waals surface area contributed by atoms with Crippen molar-refractivity contribution in [3.05, 3.63) is 71.3 Å². The van der Waals surface area contributed by atoms with Gasteiger partial charge in [0.15, 0.2) is 0 Å². The molecular formula is C20H23N3O. The third-order valence-electron chi connectivity index (χ3n) is 4.23. The van der Waals surface area contributed by atoms with Crippen molar-refractivity contribution < 1.29 is 4.74 Å². The van der Waals surface area contributed by atoms with Crippen LogP contribution in [0.5, 0.6) is 0 Å². The van der Waals surface area contributed by atoms with E-state index in [1.54, 1.807) is 0 Å². The first-order valence-electron chi connectivity index (χ1n) is 8.41. The molecule has 1 aliphatic rings. The highest BCUT2D eigenvalue weighted by molar-refractivity contribution is 5.32. The summed E-state index contributed by atoms with van der Waals surface area (Å²) in [7, 11) is 0. The molecule has 0 saturated carbocycles.